The number of nitrogens with one attached hydrogen (secondary N) is 1. The Hall–Kier alpha value is -2.43. The van der Waals surface area contributed by atoms with E-state index in [4.69, 9.17) is 10.7 Å². The van der Waals surface area contributed by atoms with Gasteiger partial charge in [0.1, 0.15) is 5.01 Å². The van der Waals surface area contributed by atoms with E-state index in [0.717, 1.165) is 39.6 Å². The Morgan fingerprint density at radius 1 is 1.12 bits per heavy atom. The van der Waals surface area contributed by atoms with Crippen molar-refractivity contribution in [2.75, 3.05) is 5.32 Å². The maximum atomic E-state index is 6.23. The van der Waals surface area contributed by atoms with E-state index >= 15 is 0 Å². The van der Waals surface area contributed by atoms with Gasteiger partial charge < -0.3 is 11.1 Å². The van der Waals surface area contributed by atoms with Gasteiger partial charge >= 0.3 is 0 Å². The predicted molar refractivity (Wildman–Crippen MR) is 113 cm³/mol. The van der Waals surface area contributed by atoms with Crippen molar-refractivity contribution in [2.45, 2.75) is 32.7 Å². The lowest BCUT2D eigenvalue weighted by molar-refractivity contribution is 0.535. The lowest BCUT2D eigenvalue weighted by Gasteiger charge is -2.26. The van der Waals surface area contributed by atoms with Crippen LogP contribution in [0.5, 0.6) is 0 Å². The monoisotopic (exact) mass is 363 g/mol. The Balaban J connectivity index is 1.75. The summed E-state index contributed by atoms with van der Waals surface area (Å²) in [7, 11) is 0. The van der Waals surface area contributed by atoms with Crippen molar-refractivity contribution >= 4 is 17.0 Å². The van der Waals surface area contributed by atoms with Gasteiger partial charge in [-0.25, -0.2) is 4.98 Å². The molecule has 134 valence electrons. The third-order valence-corrected chi connectivity index (χ3v) is 5.59. The molecule has 1 heterocycles. The molecule has 0 aliphatic rings. The number of thiazole rings is 1. The Morgan fingerprint density at radius 3 is 2.35 bits per heavy atom. The van der Waals surface area contributed by atoms with E-state index in [0.29, 0.717) is 0 Å². The standard InChI is InChI=1S/C22H25N3S/c1-5-22(4,23)16(3)24-19-12-10-17(11-13-19)20-14-26-21(25-20)18-8-6-15(2)7-9-18/h6-14,24H,3,5,23H2,1-2,4H3/t22-/m0/s1. The van der Waals surface area contributed by atoms with Gasteiger partial charge in [0.25, 0.3) is 0 Å². The lowest BCUT2D eigenvalue weighted by atomic mass is 9.96. The van der Waals surface area contributed by atoms with Gasteiger partial charge in [-0.15, -0.1) is 11.3 Å². The molecule has 0 bridgehead atoms. The van der Waals surface area contributed by atoms with Crippen LogP contribution >= 0.6 is 11.3 Å². The number of rotatable bonds is 6. The van der Waals surface area contributed by atoms with E-state index in [1.54, 1.807) is 11.3 Å². The van der Waals surface area contributed by atoms with Crippen LogP contribution in [-0.2, 0) is 0 Å². The smallest absolute Gasteiger partial charge is 0.124 e. The Kier molecular flexibility index (Phi) is 5.25. The number of aryl methyl sites for hydroxylation is 1. The molecule has 3 nitrogen and oxygen atoms in total. The summed E-state index contributed by atoms with van der Waals surface area (Å²) >= 11 is 1.67. The minimum absolute atomic E-state index is 0.420. The molecule has 3 N–H and O–H groups in total. The number of anilines is 1. The number of nitrogens with two attached hydrogens (primary N) is 1. The third-order valence-electron chi connectivity index (χ3n) is 4.70. The highest BCUT2D eigenvalue weighted by Crippen LogP contribution is 2.30. The predicted octanol–water partition coefficient (Wildman–Crippen LogP) is 5.84. The van der Waals surface area contributed by atoms with Crippen LogP contribution in [0.3, 0.4) is 0 Å². The van der Waals surface area contributed by atoms with Crippen LogP contribution in [0, 0.1) is 6.92 Å². The molecule has 0 fully saturated rings. The van der Waals surface area contributed by atoms with Gasteiger partial charge in [0.2, 0.25) is 0 Å². The summed E-state index contributed by atoms with van der Waals surface area (Å²) in [5, 5.41) is 6.45. The normalized spacial score (nSPS) is 13.2. The van der Waals surface area contributed by atoms with Crippen LogP contribution in [-0.4, -0.2) is 10.5 Å². The number of benzene rings is 2. The quantitative estimate of drug-likeness (QED) is 0.578. The molecule has 3 aromatic rings. The minimum atomic E-state index is -0.420. The summed E-state index contributed by atoms with van der Waals surface area (Å²) in [5.41, 5.74) is 12.1. The zero-order chi connectivity index (χ0) is 18.7. The van der Waals surface area contributed by atoms with Crippen LogP contribution in [0.4, 0.5) is 5.69 Å². The number of hydrogen-bond acceptors (Lipinski definition) is 4. The zero-order valence-electron chi connectivity index (χ0n) is 15.5. The molecule has 0 unspecified atom stereocenters. The molecule has 1 atom stereocenters. The molecule has 1 aromatic heterocycles. The maximum Gasteiger partial charge on any atom is 0.124 e. The molecule has 26 heavy (non-hydrogen) atoms. The molecule has 2 aromatic carbocycles. The second-order valence-electron chi connectivity index (χ2n) is 6.86. The minimum Gasteiger partial charge on any atom is -0.358 e. The van der Waals surface area contributed by atoms with Crippen molar-refractivity contribution in [3.05, 3.63) is 71.8 Å². The van der Waals surface area contributed by atoms with Crippen molar-refractivity contribution in [3.63, 3.8) is 0 Å². The highest BCUT2D eigenvalue weighted by atomic mass is 32.1. The summed E-state index contributed by atoms with van der Waals surface area (Å²) < 4.78 is 0. The fourth-order valence-electron chi connectivity index (χ4n) is 2.49. The van der Waals surface area contributed by atoms with Crippen molar-refractivity contribution in [1.82, 2.24) is 4.98 Å². The molecule has 0 aliphatic heterocycles. The topological polar surface area (TPSA) is 50.9 Å². The molecular weight excluding hydrogens is 338 g/mol. The molecule has 0 radical (unpaired) electrons. The Bertz CT molecular complexity index is 890. The largest absolute Gasteiger partial charge is 0.358 e. The molecule has 0 saturated heterocycles. The van der Waals surface area contributed by atoms with Gasteiger partial charge in [-0.2, -0.15) is 0 Å². The second kappa shape index (κ2) is 7.44. The SMILES string of the molecule is C=C(Nc1ccc(-c2csc(-c3ccc(C)cc3)n2)cc1)[C@@](C)(N)CC. The van der Waals surface area contributed by atoms with E-state index in [2.05, 4.69) is 67.5 Å². The first kappa shape index (κ1) is 18.4. The molecule has 0 saturated carbocycles. The lowest BCUT2D eigenvalue weighted by Crippen LogP contribution is -2.39. The Morgan fingerprint density at radius 2 is 1.73 bits per heavy atom. The molecule has 3 rings (SSSR count). The van der Waals surface area contributed by atoms with Crippen molar-refractivity contribution < 1.29 is 0 Å². The first-order chi connectivity index (χ1) is 12.4. The van der Waals surface area contributed by atoms with Gasteiger partial charge in [-0.3, -0.25) is 0 Å². The van der Waals surface area contributed by atoms with Gasteiger partial charge in [0.15, 0.2) is 0 Å². The van der Waals surface area contributed by atoms with Crippen LogP contribution in [0.2, 0.25) is 0 Å². The molecule has 4 heteroatoms. The summed E-state index contributed by atoms with van der Waals surface area (Å²) in [6, 6.07) is 16.7. The average molecular weight is 364 g/mol. The van der Waals surface area contributed by atoms with E-state index in [1.165, 1.54) is 5.56 Å². The summed E-state index contributed by atoms with van der Waals surface area (Å²) in [6.07, 6.45) is 0.831. The number of hydrogen-bond donors (Lipinski definition) is 2. The highest BCUT2D eigenvalue weighted by molar-refractivity contribution is 7.13. The van der Waals surface area contributed by atoms with Crippen molar-refractivity contribution in [3.8, 4) is 21.8 Å². The van der Waals surface area contributed by atoms with Crippen LogP contribution in [0.15, 0.2) is 66.2 Å². The van der Waals surface area contributed by atoms with E-state index in [-0.39, 0.29) is 0 Å². The van der Waals surface area contributed by atoms with E-state index < -0.39 is 5.54 Å². The molecular formula is C22H25N3S. The highest BCUT2D eigenvalue weighted by Gasteiger charge is 2.19. The second-order valence-corrected chi connectivity index (χ2v) is 7.71. The number of nitrogens with zero attached hydrogens (tertiary/aromatic N) is 1. The first-order valence-corrected chi connectivity index (χ1v) is 9.65. The number of aromatic nitrogens is 1. The van der Waals surface area contributed by atoms with Crippen molar-refractivity contribution in [2.24, 2.45) is 5.73 Å². The van der Waals surface area contributed by atoms with Crippen LogP contribution < -0.4 is 11.1 Å². The fourth-order valence-corrected chi connectivity index (χ4v) is 3.33. The summed E-state index contributed by atoms with van der Waals surface area (Å²) in [4.78, 5) is 4.78. The third kappa shape index (κ3) is 4.03. The zero-order valence-corrected chi connectivity index (χ0v) is 16.4. The first-order valence-electron chi connectivity index (χ1n) is 8.77. The van der Waals surface area contributed by atoms with Gasteiger partial charge in [0, 0.05) is 27.9 Å². The van der Waals surface area contributed by atoms with Gasteiger partial charge in [-0.05, 0) is 32.4 Å². The van der Waals surface area contributed by atoms with Crippen LogP contribution in [0.25, 0.3) is 21.8 Å². The fraction of sp³-hybridized carbons (Fsp3) is 0.227. The summed E-state index contributed by atoms with van der Waals surface area (Å²) in [6.45, 7) is 10.2. The molecule has 0 spiro atoms. The van der Waals surface area contributed by atoms with Crippen molar-refractivity contribution in [1.29, 1.82) is 0 Å². The molecule has 0 amide bonds. The van der Waals surface area contributed by atoms with E-state index in [1.807, 2.05) is 19.1 Å². The van der Waals surface area contributed by atoms with Crippen LogP contribution in [0.1, 0.15) is 25.8 Å². The van der Waals surface area contributed by atoms with E-state index in [9.17, 15) is 0 Å². The molecule has 0 aliphatic carbocycles. The maximum absolute atomic E-state index is 6.23. The van der Waals surface area contributed by atoms with Gasteiger partial charge in [-0.1, -0.05) is 55.5 Å². The summed E-state index contributed by atoms with van der Waals surface area (Å²) in [5.74, 6) is 0. The van der Waals surface area contributed by atoms with Gasteiger partial charge in [0.05, 0.1) is 11.2 Å². The average Bonchev–Trinajstić information content (AvgIpc) is 3.13. The Labute approximate surface area is 159 Å².